The first-order valence-electron chi connectivity index (χ1n) is 8.55. The van der Waals surface area contributed by atoms with E-state index in [2.05, 4.69) is 41.4 Å². The fraction of sp³-hybridized carbons (Fsp3) is 0.350. The molecule has 0 bridgehead atoms. The van der Waals surface area contributed by atoms with Crippen molar-refractivity contribution in [2.75, 3.05) is 32.8 Å². The lowest BCUT2D eigenvalue weighted by atomic mass is 10.0. The Balaban J connectivity index is 1.71. The van der Waals surface area contributed by atoms with Crippen molar-refractivity contribution in [1.29, 1.82) is 0 Å². The number of morpholine rings is 1. The Bertz CT molecular complexity index is 695. The van der Waals surface area contributed by atoms with Gasteiger partial charge < -0.3 is 10.1 Å². The summed E-state index contributed by atoms with van der Waals surface area (Å²) in [6.07, 6.45) is 0. The Morgan fingerprint density at radius 1 is 1.12 bits per heavy atom. The van der Waals surface area contributed by atoms with Crippen LogP contribution in [0.15, 0.2) is 48.5 Å². The molecule has 0 aromatic heterocycles. The first kappa shape index (κ1) is 17.6. The molecule has 0 saturated carbocycles. The van der Waals surface area contributed by atoms with Crippen molar-refractivity contribution in [3.8, 4) is 0 Å². The molecule has 1 N–H and O–H groups in total. The van der Waals surface area contributed by atoms with Gasteiger partial charge in [-0.1, -0.05) is 29.8 Å². The average molecular weight is 342 g/mol. The molecule has 0 spiro atoms. The van der Waals surface area contributed by atoms with Crippen LogP contribution in [0.25, 0.3) is 0 Å². The predicted molar refractivity (Wildman–Crippen MR) is 95.0 cm³/mol. The molecule has 0 aliphatic carbocycles. The third-order valence-electron chi connectivity index (χ3n) is 4.51. The minimum Gasteiger partial charge on any atom is -0.379 e. The summed E-state index contributed by atoms with van der Waals surface area (Å²) in [5.41, 5.74) is 2.85. The van der Waals surface area contributed by atoms with E-state index < -0.39 is 0 Å². The fourth-order valence-electron chi connectivity index (χ4n) is 3.03. The normalized spacial score (nSPS) is 16.4. The molecule has 1 atom stereocenters. The number of nitrogens with one attached hydrogen (secondary N) is 1. The third-order valence-corrected chi connectivity index (χ3v) is 4.51. The van der Waals surface area contributed by atoms with E-state index in [9.17, 15) is 9.18 Å². The molecule has 1 fully saturated rings. The Kier molecular flexibility index (Phi) is 5.79. The second-order valence-corrected chi connectivity index (χ2v) is 6.29. The van der Waals surface area contributed by atoms with Gasteiger partial charge in [-0.2, -0.15) is 0 Å². The summed E-state index contributed by atoms with van der Waals surface area (Å²) in [4.78, 5) is 14.7. The lowest BCUT2D eigenvalue weighted by molar-refractivity contribution is 0.0162. The SMILES string of the molecule is Cc1ccc([C@H](CNC(=O)c2ccc(F)cc2)N2CCOCC2)cc1. The summed E-state index contributed by atoms with van der Waals surface area (Å²) >= 11 is 0. The van der Waals surface area contributed by atoms with Crippen molar-refractivity contribution in [2.24, 2.45) is 0 Å². The van der Waals surface area contributed by atoms with E-state index in [0.29, 0.717) is 25.3 Å². The number of halogens is 1. The maximum atomic E-state index is 13.0. The molecule has 4 nitrogen and oxygen atoms in total. The predicted octanol–water partition coefficient (Wildman–Crippen LogP) is 2.94. The summed E-state index contributed by atoms with van der Waals surface area (Å²) in [5.74, 6) is -0.534. The molecule has 1 amide bonds. The second-order valence-electron chi connectivity index (χ2n) is 6.29. The van der Waals surface area contributed by atoms with E-state index >= 15 is 0 Å². The van der Waals surface area contributed by atoms with Gasteiger partial charge in [-0.3, -0.25) is 9.69 Å². The van der Waals surface area contributed by atoms with E-state index in [-0.39, 0.29) is 17.8 Å². The monoisotopic (exact) mass is 342 g/mol. The van der Waals surface area contributed by atoms with Crippen molar-refractivity contribution >= 4 is 5.91 Å². The van der Waals surface area contributed by atoms with Gasteiger partial charge in [0.1, 0.15) is 5.82 Å². The summed E-state index contributed by atoms with van der Waals surface area (Å²) < 4.78 is 18.5. The molecule has 2 aromatic rings. The minimum atomic E-state index is -0.345. The van der Waals surface area contributed by atoms with Crippen LogP contribution in [-0.2, 0) is 4.74 Å². The summed E-state index contributed by atoms with van der Waals surface area (Å²) in [6.45, 7) is 5.64. The Labute approximate surface area is 147 Å². The van der Waals surface area contributed by atoms with Gasteiger partial charge in [0.2, 0.25) is 0 Å². The largest absolute Gasteiger partial charge is 0.379 e. The number of amides is 1. The van der Waals surface area contributed by atoms with Gasteiger partial charge in [-0.15, -0.1) is 0 Å². The maximum absolute atomic E-state index is 13.0. The highest BCUT2D eigenvalue weighted by atomic mass is 19.1. The zero-order valence-corrected chi connectivity index (χ0v) is 14.4. The summed E-state index contributed by atoms with van der Waals surface area (Å²) in [6, 6.07) is 14.1. The van der Waals surface area contributed by atoms with Crippen molar-refractivity contribution in [3.05, 3.63) is 71.0 Å². The van der Waals surface area contributed by atoms with E-state index in [0.717, 1.165) is 13.1 Å². The molecule has 1 saturated heterocycles. The van der Waals surface area contributed by atoms with Gasteiger partial charge in [0.25, 0.3) is 5.91 Å². The molecule has 1 heterocycles. The number of nitrogens with zero attached hydrogens (tertiary/aromatic N) is 1. The molecule has 132 valence electrons. The van der Waals surface area contributed by atoms with Crippen LogP contribution < -0.4 is 5.32 Å². The van der Waals surface area contributed by atoms with Gasteiger partial charge in [0.05, 0.1) is 19.3 Å². The van der Waals surface area contributed by atoms with Crippen LogP contribution in [0.4, 0.5) is 4.39 Å². The molecule has 0 radical (unpaired) electrons. The molecule has 25 heavy (non-hydrogen) atoms. The van der Waals surface area contributed by atoms with Crippen molar-refractivity contribution < 1.29 is 13.9 Å². The van der Waals surface area contributed by atoms with Gasteiger partial charge in [-0.05, 0) is 36.8 Å². The highest BCUT2D eigenvalue weighted by molar-refractivity contribution is 5.94. The molecular weight excluding hydrogens is 319 g/mol. The number of rotatable bonds is 5. The third kappa shape index (κ3) is 4.65. The number of hydrogen-bond donors (Lipinski definition) is 1. The first-order chi connectivity index (χ1) is 12.1. The van der Waals surface area contributed by atoms with Crippen LogP contribution in [0.2, 0.25) is 0 Å². The standard InChI is InChI=1S/C20H23FN2O2/c1-15-2-4-16(5-3-15)19(23-10-12-25-13-11-23)14-22-20(24)17-6-8-18(21)9-7-17/h2-9,19H,10-14H2,1H3,(H,22,24)/t19-/m0/s1. The average Bonchev–Trinajstić information content (AvgIpc) is 2.64. The Hall–Kier alpha value is -2.24. The lowest BCUT2D eigenvalue weighted by Crippen LogP contribution is -2.43. The Morgan fingerprint density at radius 3 is 2.40 bits per heavy atom. The zero-order valence-electron chi connectivity index (χ0n) is 14.4. The number of ether oxygens (including phenoxy) is 1. The highest BCUT2D eigenvalue weighted by Crippen LogP contribution is 2.22. The number of carbonyl (C=O) groups is 1. The van der Waals surface area contributed by atoms with Crippen molar-refractivity contribution in [3.63, 3.8) is 0 Å². The molecule has 3 rings (SSSR count). The molecule has 0 unspecified atom stereocenters. The van der Waals surface area contributed by atoms with E-state index in [1.165, 1.54) is 35.4 Å². The van der Waals surface area contributed by atoms with Crippen molar-refractivity contribution in [1.82, 2.24) is 10.2 Å². The minimum absolute atomic E-state index is 0.0916. The smallest absolute Gasteiger partial charge is 0.251 e. The number of carbonyl (C=O) groups excluding carboxylic acids is 1. The number of aryl methyl sites for hydroxylation is 1. The van der Waals surface area contributed by atoms with E-state index in [4.69, 9.17) is 4.74 Å². The van der Waals surface area contributed by atoms with Gasteiger partial charge in [0, 0.05) is 25.2 Å². The second kappa shape index (κ2) is 8.23. The van der Waals surface area contributed by atoms with E-state index in [1.54, 1.807) is 0 Å². The van der Waals surface area contributed by atoms with E-state index in [1.807, 2.05) is 0 Å². The van der Waals surface area contributed by atoms with Crippen LogP contribution in [0.1, 0.15) is 27.5 Å². The lowest BCUT2D eigenvalue weighted by Gasteiger charge is -2.35. The van der Waals surface area contributed by atoms with Gasteiger partial charge in [-0.25, -0.2) is 4.39 Å². The van der Waals surface area contributed by atoms with Crippen LogP contribution >= 0.6 is 0 Å². The van der Waals surface area contributed by atoms with Gasteiger partial charge in [0.15, 0.2) is 0 Å². The Morgan fingerprint density at radius 2 is 1.76 bits per heavy atom. The van der Waals surface area contributed by atoms with Crippen LogP contribution in [0.3, 0.4) is 0 Å². The highest BCUT2D eigenvalue weighted by Gasteiger charge is 2.23. The molecular formula is C20H23FN2O2. The van der Waals surface area contributed by atoms with Crippen LogP contribution in [0.5, 0.6) is 0 Å². The van der Waals surface area contributed by atoms with Crippen LogP contribution in [0, 0.1) is 12.7 Å². The fourth-order valence-corrected chi connectivity index (χ4v) is 3.03. The number of hydrogen-bond acceptors (Lipinski definition) is 3. The van der Waals surface area contributed by atoms with Crippen molar-refractivity contribution in [2.45, 2.75) is 13.0 Å². The maximum Gasteiger partial charge on any atom is 0.251 e. The quantitative estimate of drug-likeness (QED) is 0.908. The molecule has 1 aliphatic rings. The summed E-state index contributed by atoms with van der Waals surface area (Å²) in [5, 5.41) is 2.99. The molecule has 5 heteroatoms. The van der Waals surface area contributed by atoms with Gasteiger partial charge >= 0.3 is 0 Å². The molecule has 2 aromatic carbocycles. The topological polar surface area (TPSA) is 41.6 Å². The first-order valence-corrected chi connectivity index (χ1v) is 8.55. The summed E-state index contributed by atoms with van der Waals surface area (Å²) in [7, 11) is 0. The zero-order chi connectivity index (χ0) is 17.6. The number of benzene rings is 2. The van der Waals surface area contributed by atoms with Crippen LogP contribution in [-0.4, -0.2) is 43.7 Å². The molecule has 1 aliphatic heterocycles.